The highest BCUT2D eigenvalue weighted by Gasteiger charge is 2.18. The number of carbonyl (C=O) groups excluding carboxylic acids is 1. The van der Waals surface area contributed by atoms with Gasteiger partial charge in [0, 0.05) is 5.69 Å². The first-order valence-corrected chi connectivity index (χ1v) is 8.72. The molecular formula is C17H19N5O2S. The van der Waals surface area contributed by atoms with Crippen LogP contribution in [0.15, 0.2) is 28.4 Å². The number of rotatable bonds is 4. The highest BCUT2D eigenvalue weighted by molar-refractivity contribution is 8.00. The molecule has 2 heterocycles. The summed E-state index contributed by atoms with van der Waals surface area (Å²) >= 11 is 1.19. The smallest absolute Gasteiger partial charge is 0.277 e. The SMILES string of the molecule is Cc1cc(C)c(NC(=O)C(C)Sc2nc3nc[nH]c3c(=O)[nH]2)c(C)c1. The van der Waals surface area contributed by atoms with E-state index in [-0.39, 0.29) is 11.5 Å². The quantitative estimate of drug-likeness (QED) is 0.492. The van der Waals surface area contributed by atoms with Crippen LogP contribution in [0.25, 0.3) is 11.2 Å². The van der Waals surface area contributed by atoms with E-state index in [4.69, 9.17) is 0 Å². The van der Waals surface area contributed by atoms with Crippen molar-refractivity contribution in [1.29, 1.82) is 0 Å². The van der Waals surface area contributed by atoms with Crippen molar-refractivity contribution in [3.8, 4) is 0 Å². The minimum Gasteiger partial charge on any atom is -0.339 e. The molecule has 0 fully saturated rings. The molecule has 0 saturated heterocycles. The Bertz CT molecular complexity index is 985. The van der Waals surface area contributed by atoms with Gasteiger partial charge in [0.1, 0.15) is 0 Å². The Balaban J connectivity index is 1.77. The fourth-order valence-corrected chi connectivity index (χ4v) is 3.49. The van der Waals surface area contributed by atoms with E-state index in [0.717, 1.165) is 22.4 Å². The Kier molecular flexibility index (Phi) is 4.63. The van der Waals surface area contributed by atoms with Gasteiger partial charge in [0.2, 0.25) is 5.91 Å². The molecule has 25 heavy (non-hydrogen) atoms. The van der Waals surface area contributed by atoms with Gasteiger partial charge in [-0.25, -0.2) is 9.97 Å². The number of thioether (sulfide) groups is 1. The van der Waals surface area contributed by atoms with Crippen LogP contribution in [0, 0.1) is 20.8 Å². The van der Waals surface area contributed by atoms with Crippen LogP contribution in [0.3, 0.4) is 0 Å². The molecule has 0 radical (unpaired) electrons. The minimum atomic E-state index is -0.431. The average molecular weight is 357 g/mol. The summed E-state index contributed by atoms with van der Waals surface area (Å²) in [6, 6.07) is 4.07. The number of aromatic nitrogens is 4. The normalized spacial score (nSPS) is 12.3. The van der Waals surface area contributed by atoms with E-state index in [1.165, 1.54) is 18.1 Å². The lowest BCUT2D eigenvalue weighted by Crippen LogP contribution is -2.24. The Labute approximate surface area is 148 Å². The topological polar surface area (TPSA) is 104 Å². The Morgan fingerprint density at radius 3 is 2.60 bits per heavy atom. The van der Waals surface area contributed by atoms with Crippen molar-refractivity contribution in [1.82, 2.24) is 19.9 Å². The molecule has 8 heteroatoms. The van der Waals surface area contributed by atoms with Crippen molar-refractivity contribution < 1.29 is 4.79 Å². The zero-order chi connectivity index (χ0) is 18.1. The third-order valence-electron chi connectivity index (χ3n) is 3.86. The molecule has 0 aliphatic rings. The lowest BCUT2D eigenvalue weighted by atomic mass is 10.1. The van der Waals surface area contributed by atoms with Crippen molar-refractivity contribution >= 4 is 34.5 Å². The fourth-order valence-electron chi connectivity index (χ4n) is 2.70. The Morgan fingerprint density at radius 1 is 1.24 bits per heavy atom. The molecule has 0 spiro atoms. The van der Waals surface area contributed by atoms with Crippen molar-refractivity contribution in [2.45, 2.75) is 38.1 Å². The van der Waals surface area contributed by atoms with Crippen LogP contribution in [-0.4, -0.2) is 31.1 Å². The molecular weight excluding hydrogens is 338 g/mol. The highest BCUT2D eigenvalue weighted by Crippen LogP contribution is 2.25. The molecule has 130 valence electrons. The van der Waals surface area contributed by atoms with E-state index in [1.54, 1.807) is 6.92 Å². The molecule has 7 nitrogen and oxygen atoms in total. The van der Waals surface area contributed by atoms with Crippen LogP contribution < -0.4 is 10.9 Å². The number of benzene rings is 1. The number of nitrogens with zero attached hydrogens (tertiary/aromatic N) is 2. The molecule has 3 aromatic rings. The van der Waals surface area contributed by atoms with E-state index in [1.807, 2.05) is 32.9 Å². The Hall–Kier alpha value is -2.61. The van der Waals surface area contributed by atoms with Crippen molar-refractivity contribution in [2.24, 2.45) is 0 Å². The lowest BCUT2D eigenvalue weighted by molar-refractivity contribution is -0.115. The molecule has 1 atom stereocenters. The number of hydrogen-bond acceptors (Lipinski definition) is 5. The van der Waals surface area contributed by atoms with Gasteiger partial charge in [0.25, 0.3) is 5.56 Å². The maximum absolute atomic E-state index is 12.5. The van der Waals surface area contributed by atoms with Crippen LogP contribution in [-0.2, 0) is 4.79 Å². The molecule has 1 amide bonds. The summed E-state index contributed by atoms with van der Waals surface area (Å²) in [5.41, 5.74) is 4.39. The summed E-state index contributed by atoms with van der Waals surface area (Å²) in [7, 11) is 0. The van der Waals surface area contributed by atoms with Gasteiger partial charge in [-0.15, -0.1) is 0 Å². The summed E-state index contributed by atoms with van der Waals surface area (Å²) in [5.74, 6) is -0.148. The molecule has 2 aromatic heterocycles. The molecule has 3 N–H and O–H groups in total. The number of aryl methyl sites for hydroxylation is 3. The highest BCUT2D eigenvalue weighted by atomic mass is 32.2. The van der Waals surface area contributed by atoms with Crippen LogP contribution in [0.2, 0.25) is 0 Å². The van der Waals surface area contributed by atoms with Gasteiger partial charge >= 0.3 is 0 Å². The predicted octanol–water partition coefficient (Wildman–Crippen LogP) is 2.69. The number of fused-ring (bicyclic) bond motifs is 1. The van der Waals surface area contributed by atoms with E-state index >= 15 is 0 Å². The number of carbonyl (C=O) groups is 1. The van der Waals surface area contributed by atoms with Crippen molar-refractivity contribution in [3.05, 3.63) is 45.5 Å². The molecule has 0 aliphatic heterocycles. The monoisotopic (exact) mass is 357 g/mol. The summed E-state index contributed by atoms with van der Waals surface area (Å²) in [6.07, 6.45) is 1.42. The zero-order valence-corrected chi connectivity index (χ0v) is 15.2. The average Bonchev–Trinajstić information content (AvgIpc) is 2.99. The third kappa shape index (κ3) is 3.58. The molecule has 0 saturated carbocycles. The van der Waals surface area contributed by atoms with Gasteiger partial charge < -0.3 is 10.3 Å². The van der Waals surface area contributed by atoms with Gasteiger partial charge in [-0.3, -0.25) is 14.6 Å². The van der Waals surface area contributed by atoms with Crippen molar-refractivity contribution in [2.75, 3.05) is 5.32 Å². The largest absolute Gasteiger partial charge is 0.339 e. The first kappa shape index (κ1) is 17.2. The fraction of sp³-hybridized carbons (Fsp3) is 0.294. The molecule has 3 rings (SSSR count). The summed E-state index contributed by atoms with van der Waals surface area (Å²) in [4.78, 5) is 38.1. The standard InChI is InChI=1S/C17H19N5O2S/c1-8-5-9(2)12(10(3)6-8)20-15(23)11(4)25-17-21-14-13(16(24)22-17)18-7-19-14/h5-7,11H,1-4H3,(H,20,23)(H2,18,19,21,22,24). The maximum atomic E-state index is 12.5. The van der Waals surface area contributed by atoms with Crippen LogP contribution >= 0.6 is 11.8 Å². The zero-order valence-electron chi connectivity index (χ0n) is 14.4. The van der Waals surface area contributed by atoms with Gasteiger partial charge in [-0.1, -0.05) is 29.5 Å². The maximum Gasteiger partial charge on any atom is 0.277 e. The number of imidazole rings is 1. The second kappa shape index (κ2) is 6.72. The number of nitrogens with one attached hydrogen (secondary N) is 3. The number of hydrogen-bond donors (Lipinski definition) is 3. The summed E-state index contributed by atoms with van der Waals surface area (Å²) < 4.78 is 0. The number of amides is 1. The van der Waals surface area contributed by atoms with Crippen LogP contribution in [0.4, 0.5) is 5.69 Å². The summed E-state index contributed by atoms with van der Waals surface area (Å²) in [5, 5.41) is 2.91. The van der Waals surface area contributed by atoms with Gasteiger partial charge in [-0.2, -0.15) is 0 Å². The lowest BCUT2D eigenvalue weighted by Gasteiger charge is -2.15. The Morgan fingerprint density at radius 2 is 1.92 bits per heavy atom. The van der Waals surface area contributed by atoms with E-state index in [0.29, 0.717) is 16.3 Å². The third-order valence-corrected chi connectivity index (χ3v) is 4.84. The molecule has 0 aliphatic carbocycles. The first-order chi connectivity index (χ1) is 11.8. The van der Waals surface area contributed by atoms with Crippen molar-refractivity contribution in [3.63, 3.8) is 0 Å². The summed E-state index contributed by atoms with van der Waals surface area (Å²) in [6.45, 7) is 7.74. The second-order valence-electron chi connectivity index (χ2n) is 6.00. The van der Waals surface area contributed by atoms with E-state index in [2.05, 4.69) is 25.3 Å². The van der Waals surface area contributed by atoms with Crippen LogP contribution in [0.5, 0.6) is 0 Å². The van der Waals surface area contributed by atoms with Gasteiger partial charge in [0.15, 0.2) is 16.3 Å². The molecule has 0 bridgehead atoms. The number of anilines is 1. The number of aromatic amines is 2. The first-order valence-electron chi connectivity index (χ1n) is 7.84. The van der Waals surface area contributed by atoms with Crippen LogP contribution in [0.1, 0.15) is 23.6 Å². The van der Waals surface area contributed by atoms with E-state index < -0.39 is 5.25 Å². The molecule has 1 unspecified atom stereocenters. The van der Waals surface area contributed by atoms with E-state index in [9.17, 15) is 9.59 Å². The van der Waals surface area contributed by atoms with Gasteiger partial charge in [-0.05, 0) is 38.8 Å². The predicted molar refractivity (Wildman–Crippen MR) is 99.1 cm³/mol. The number of H-pyrrole nitrogens is 2. The minimum absolute atomic E-state index is 0.148. The second-order valence-corrected chi connectivity index (χ2v) is 7.32. The van der Waals surface area contributed by atoms with Gasteiger partial charge in [0.05, 0.1) is 11.6 Å². The molecule has 1 aromatic carbocycles.